The van der Waals surface area contributed by atoms with Crippen molar-refractivity contribution < 1.29 is 0 Å². The predicted molar refractivity (Wildman–Crippen MR) is 75.3 cm³/mol. The molecule has 0 saturated heterocycles. The Labute approximate surface area is 114 Å². The van der Waals surface area contributed by atoms with E-state index in [1.807, 2.05) is 41.3 Å². The van der Waals surface area contributed by atoms with Crippen LogP contribution in [0.3, 0.4) is 0 Å². The molecule has 3 aromatic heterocycles. The Hall–Kier alpha value is -2.95. The fourth-order valence-electron chi connectivity index (χ4n) is 2.26. The van der Waals surface area contributed by atoms with Crippen molar-refractivity contribution >= 4 is 11.0 Å². The van der Waals surface area contributed by atoms with E-state index in [2.05, 4.69) is 32.4 Å². The molecule has 0 bridgehead atoms. The molecule has 0 saturated carbocycles. The van der Waals surface area contributed by atoms with Crippen molar-refractivity contribution in [1.82, 2.24) is 24.7 Å². The van der Waals surface area contributed by atoms with Crippen molar-refractivity contribution in [2.45, 2.75) is 0 Å². The zero-order valence-electron chi connectivity index (χ0n) is 10.5. The molecule has 3 heterocycles. The number of nitrogens with zero attached hydrogens (tertiary/aromatic N) is 4. The van der Waals surface area contributed by atoms with E-state index in [-0.39, 0.29) is 0 Å². The number of rotatable bonds is 2. The molecule has 1 radical (unpaired) electrons. The average Bonchev–Trinajstić information content (AvgIpc) is 3.18. The number of benzene rings is 1. The number of H-pyrrole nitrogens is 1. The first kappa shape index (κ1) is 10.9. The second-order valence-corrected chi connectivity index (χ2v) is 4.43. The van der Waals surface area contributed by atoms with Gasteiger partial charge in [0, 0.05) is 30.4 Å². The van der Waals surface area contributed by atoms with Gasteiger partial charge in [-0.2, -0.15) is 5.10 Å². The molecule has 0 unspecified atom stereocenters. The van der Waals surface area contributed by atoms with Crippen LogP contribution in [-0.2, 0) is 0 Å². The number of fused-ring (bicyclic) bond motifs is 1. The van der Waals surface area contributed by atoms with Crippen LogP contribution in [0.4, 0.5) is 0 Å². The zero-order chi connectivity index (χ0) is 13.4. The van der Waals surface area contributed by atoms with Gasteiger partial charge in [0.1, 0.15) is 0 Å². The van der Waals surface area contributed by atoms with E-state index in [1.165, 1.54) is 0 Å². The molecule has 1 aromatic carbocycles. The fraction of sp³-hybridized carbons (Fsp3) is 0. The molecular formula is C15H10N5. The molecule has 20 heavy (non-hydrogen) atoms. The van der Waals surface area contributed by atoms with Gasteiger partial charge in [-0.15, -0.1) is 0 Å². The highest BCUT2D eigenvalue weighted by Gasteiger charge is 2.10. The van der Waals surface area contributed by atoms with Gasteiger partial charge >= 0.3 is 0 Å². The lowest BCUT2D eigenvalue weighted by Gasteiger charge is -2.07. The lowest BCUT2D eigenvalue weighted by molar-refractivity contribution is 0.886. The summed E-state index contributed by atoms with van der Waals surface area (Å²) in [4.78, 5) is 11.4. The third kappa shape index (κ3) is 1.68. The van der Waals surface area contributed by atoms with Crippen LogP contribution in [0.15, 0.2) is 55.1 Å². The van der Waals surface area contributed by atoms with Gasteiger partial charge < -0.3 is 4.98 Å². The van der Waals surface area contributed by atoms with Crippen molar-refractivity contribution in [3.05, 3.63) is 61.4 Å². The molecule has 4 rings (SSSR count). The summed E-state index contributed by atoms with van der Waals surface area (Å²) >= 11 is 0. The van der Waals surface area contributed by atoms with E-state index >= 15 is 0 Å². The van der Waals surface area contributed by atoms with Gasteiger partial charge in [-0.25, -0.2) is 9.67 Å². The molecule has 0 aliphatic carbocycles. The maximum absolute atomic E-state index is 4.29. The minimum absolute atomic E-state index is 0.858. The van der Waals surface area contributed by atoms with Gasteiger partial charge in [-0.3, -0.25) is 4.98 Å². The number of aromatic nitrogens is 5. The van der Waals surface area contributed by atoms with Gasteiger partial charge in [0.15, 0.2) is 6.33 Å². The standard InChI is InChI=1S/C15H10N5/c1-3-11(9-16-4-1)12-7-13-15(18-10-17-13)14(8-12)20-6-2-5-19-20/h1-9H,(H,17,18). The van der Waals surface area contributed by atoms with Crippen LogP contribution in [0.5, 0.6) is 0 Å². The highest BCUT2D eigenvalue weighted by Crippen LogP contribution is 2.27. The Balaban J connectivity index is 2.01. The molecular weight excluding hydrogens is 250 g/mol. The van der Waals surface area contributed by atoms with Crippen molar-refractivity contribution in [2.75, 3.05) is 0 Å². The smallest absolute Gasteiger partial charge is 0.174 e. The third-order valence-corrected chi connectivity index (χ3v) is 3.20. The summed E-state index contributed by atoms with van der Waals surface area (Å²) in [5, 5.41) is 4.29. The quantitative estimate of drug-likeness (QED) is 0.602. The zero-order valence-corrected chi connectivity index (χ0v) is 10.5. The van der Waals surface area contributed by atoms with Crippen LogP contribution >= 0.6 is 0 Å². The molecule has 1 N–H and O–H groups in total. The van der Waals surface area contributed by atoms with Gasteiger partial charge in [0.2, 0.25) is 0 Å². The van der Waals surface area contributed by atoms with Crippen LogP contribution in [-0.4, -0.2) is 24.7 Å². The molecule has 5 heteroatoms. The van der Waals surface area contributed by atoms with Crippen LogP contribution in [0, 0.1) is 6.33 Å². The lowest BCUT2D eigenvalue weighted by atomic mass is 10.1. The van der Waals surface area contributed by atoms with Crippen LogP contribution in [0.1, 0.15) is 0 Å². The maximum Gasteiger partial charge on any atom is 0.174 e. The summed E-state index contributed by atoms with van der Waals surface area (Å²) < 4.78 is 1.81. The number of nitrogens with one attached hydrogen (secondary N) is 1. The molecule has 0 aliphatic rings. The normalized spacial score (nSPS) is 11.0. The van der Waals surface area contributed by atoms with Gasteiger partial charge in [-0.1, -0.05) is 6.07 Å². The molecule has 0 amide bonds. The second-order valence-electron chi connectivity index (χ2n) is 4.43. The van der Waals surface area contributed by atoms with Crippen LogP contribution in [0.25, 0.3) is 27.8 Å². The van der Waals surface area contributed by atoms with E-state index in [0.717, 1.165) is 27.8 Å². The molecule has 0 fully saturated rings. The monoisotopic (exact) mass is 260 g/mol. The molecule has 0 atom stereocenters. The number of hydrogen-bond donors (Lipinski definition) is 1. The van der Waals surface area contributed by atoms with Crippen LogP contribution < -0.4 is 0 Å². The maximum atomic E-state index is 4.29. The summed E-state index contributed by atoms with van der Waals surface area (Å²) in [6.45, 7) is 0. The van der Waals surface area contributed by atoms with Crippen molar-refractivity contribution in [3.8, 4) is 16.8 Å². The predicted octanol–water partition coefficient (Wildman–Crippen LogP) is 2.61. The summed E-state index contributed by atoms with van der Waals surface area (Å²) in [6, 6.07) is 9.93. The Morgan fingerprint density at radius 3 is 2.90 bits per heavy atom. The largest absolute Gasteiger partial charge is 0.334 e. The first-order valence-electron chi connectivity index (χ1n) is 6.22. The molecule has 4 aromatic rings. The molecule has 95 valence electrons. The number of hydrogen-bond acceptors (Lipinski definition) is 3. The van der Waals surface area contributed by atoms with Gasteiger partial charge in [-0.05, 0) is 29.8 Å². The highest BCUT2D eigenvalue weighted by atomic mass is 15.3. The minimum Gasteiger partial charge on any atom is -0.334 e. The average molecular weight is 260 g/mol. The highest BCUT2D eigenvalue weighted by molar-refractivity contribution is 5.88. The molecule has 0 aliphatic heterocycles. The number of aromatic amines is 1. The number of imidazole rings is 1. The minimum atomic E-state index is 0.858. The van der Waals surface area contributed by atoms with E-state index in [0.29, 0.717) is 0 Å². The summed E-state index contributed by atoms with van der Waals surface area (Å²) in [6.07, 6.45) is 10.0. The van der Waals surface area contributed by atoms with E-state index in [4.69, 9.17) is 0 Å². The first-order chi connectivity index (χ1) is 9.92. The summed E-state index contributed by atoms with van der Waals surface area (Å²) in [5.41, 5.74) is 4.82. The third-order valence-electron chi connectivity index (χ3n) is 3.20. The van der Waals surface area contributed by atoms with Crippen molar-refractivity contribution in [3.63, 3.8) is 0 Å². The second kappa shape index (κ2) is 4.31. The van der Waals surface area contributed by atoms with Crippen molar-refractivity contribution in [1.29, 1.82) is 0 Å². The van der Waals surface area contributed by atoms with E-state index in [1.54, 1.807) is 12.4 Å². The SMILES string of the molecule is [c]1nc2cc(-c3cccnc3)cc(-n3cccn3)c2[nH]1. The van der Waals surface area contributed by atoms with Crippen LogP contribution in [0.2, 0.25) is 0 Å². The Kier molecular flexibility index (Phi) is 2.35. The Bertz CT molecular complexity index is 847. The van der Waals surface area contributed by atoms with Crippen molar-refractivity contribution in [2.24, 2.45) is 0 Å². The first-order valence-corrected chi connectivity index (χ1v) is 6.22. The summed E-state index contributed by atoms with van der Waals surface area (Å²) in [5.74, 6) is 0. The Morgan fingerprint density at radius 2 is 2.10 bits per heavy atom. The molecule has 0 spiro atoms. The topological polar surface area (TPSA) is 59.4 Å². The fourth-order valence-corrected chi connectivity index (χ4v) is 2.26. The number of pyridine rings is 1. The lowest BCUT2D eigenvalue weighted by Crippen LogP contribution is -1.96. The summed E-state index contributed by atoms with van der Waals surface area (Å²) in [7, 11) is 0. The molecule has 5 nitrogen and oxygen atoms in total. The van der Waals surface area contributed by atoms with E-state index in [9.17, 15) is 0 Å². The Morgan fingerprint density at radius 1 is 1.10 bits per heavy atom. The van der Waals surface area contributed by atoms with E-state index < -0.39 is 0 Å². The van der Waals surface area contributed by atoms with Gasteiger partial charge in [0.25, 0.3) is 0 Å². The van der Waals surface area contributed by atoms with Gasteiger partial charge in [0.05, 0.1) is 16.7 Å².